The monoisotopic (exact) mass is 244 g/mol. The predicted molar refractivity (Wildman–Crippen MR) is 76.7 cm³/mol. The molecular formula is C17H24O. The summed E-state index contributed by atoms with van der Waals surface area (Å²) in [5.74, 6) is 0. The molecule has 1 aromatic rings. The summed E-state index contributed by atoms with van der Waals surface area (Å²) in [6.07, 6.45) is 11.5. The summed E-state index contributed by atoms with van der Waals surface area (Å²) < 4.78 is 5.63. The van der Waals surface area contributed by atoms with Gasteiger partial charge in [0.1, 0.15) is 0 Å². The first kappa shape index (κ1) is 13.4. The fraction of sp³-hybridized carbons (Fsp3) is 0.529. The molecule has 2 rings (SSSR count). The first-order valence-electron chi connectivity index (χ1n) is 7.13. The maximum Gasteiger partial charge on any atom is 0.0611 e. The standard InChI is InChI=1S/C17H24O/c1-18-17(14-16-10-6-3-7-11-16)13-12-15-8-4-2-5-9-15/h2,4-5,8-10,17H,3,6-7,11-14H2,1H3. The van der Waals surface area contributed by atoms with Gasteiger partial charge < -0.3 is 4.74 Å². The van der Waals surface area contributed by atoms with E-state index < -0.39 is 0 Å². The average Bonchev–Trinajstić information content (AvgIpc) is 2.45. The fourth-order valence-corrected chi connectivity index (χ4v) is 2.66. The van der Waals surface area contributed by atoms with Gasteiger partial charge in [-0.25, -0.2) is 0 Å². The van der Waals surface area contributed by atoms with E-state index in [-0.39, 0.29) is 0 Å². The molecule has 1 nitrogen and oxygen atoms in total. The quantitative estimate of drug-likeness (QED) is 0.668. The van der Waals surface area contributed by atoms with Gasteiger partial charge in [0.05, 0.1) is 6.10 Å². The Kier molecular flexibility index (Phi) is 5.47. The number of hydrogen-bond donors (Lipinski definition) is 0. The Morgan fingerprint density at radius 1 is 1.17 bits per heavy atom. The van der Waals surface area contributed by atoms with Gasteiger partial charge in [-0.1, -0.05) is 42.0 Å². The van der Waals surface area contributed by atoms with Crippen LogP contribution in [0.2, 0.25) is 0 Å². The molecule has 0 aliphatic heterocycles. The molecule has 0 bridgehead atoms. The van der Waals surface area contributed by atoms with E-state index in [4.69, 9.17) is 4.74 Å². The van der Waals surface area contributed by atoms with Crippen molar-refractivity contribution in [2.24, 2.45) is 0 Å². The van der Waals surface area contributed by atoms with Crippen molar-refractivity contribution >= 4 is 0 Å². The van der Waals surface area contributed by atoms with Gasteiger partial charge in [-0.15, -0.1) is 0 Å². The Morgan fingerprint density at radius 2 is 2.00 bits per heavy atom. The van der Waals surface area contributed by atoms with Gasteiger partial charge in [-0.05, 0) is 50.5 Å². The third-order valence-electron chi connectivity index (χ3n) is 3.81. The highest BCUT2D eigenvalue weighted by Crippen LogP contribution is 2.23. The van der Waals surface area contributed by atoms with Gasteiger partial charge in [0.15, 0.2) is 0 Å². The molecule has 0 aromatic heterocycles. The lowest BCUT2D eigenvalue weighted by molar-refractivity contribution is 0.0947. The zero-order valence-electron chi connectivity index (χ0n) is 11.4. The van der Waals surface area contributed by atoms with Gasteiger partial charge in [0, 0.05) is 7.11 Å². The summed E-state index contributed by atoms with van der Waals surface area (Å²) in [5, 5.41) is 0. The van der Waals surface area contributed by atoms with E-state index in [0.717, 1.165) is 19.3 Å². The average molecular weight is 244 g/mol. The van der Waals surface area contributed by atoms with Gasteiger partial charge in [0.25, 0.3) is 0 Å². The molecule has 1 atom stereocenters. The second kappa shape index (κ2) is 7.38. The lowest BCUT2D eigenvalue weighted by atomic mass is 9.93. The van der Waals surface area contributed by atoms with Crippen molar-refractivity contribution in [3.05, 3.63) is 47.5 Å². The van der Waals surface area contributed by atoms with E-state index in [0.29, 0.717) is 6.10 Å². The summed E-state index contributed by atoms with van der Waals surface area (Å²) in [4.78, 5) is 0. The van der Waals surface area contributed by atoms with Crippen LogP contribution in [0, 0.1) is 0 Å². The summed E-state index contributed by atoms with van der Waals surface area (Å²) in [5.41, 5.74) is 3.03. The van der Waals surface area contributed by atoms with Crippen molar-refractivity contribution in [3.63, 3.8) is 0 Å². The molecule has 1 unspecified atom stereocenters. The molecule has 18 heavy (non-hydrogen) atoms. The van der Waals surface area contributed by atoms with Crippen LogP contribution in [0.1, 0.15) is 44.1 Å². The summed E-state index contributed by atoms with van der Waals surface area (Å²) in [7, 11) is 1.85. The number of methoxy groups -OCH3 is 1. The highest BCUT2D eigenvalue weighted by molar-refractivity contribution is 5.15. The van der Waals surface area contributed by atoms with Crippen molar-refractivity contribution in [1.29, 1.82) is 0 Å². The van der Waals surface area contributed by atoms with E-state index >= 15 is 0 Å². The molecule has 0 spiro atoms. The number of aryl methyl sites for hydroxylation is 1. The number of benzene rings is 1. The van der Waals surface area contributed by atoms with Gasteiger partial charge in [0.2, 0.25) is 0 Å². The van der Waals surface area contributed by atoms with Crippen LogP contribution < -0.4 is 0 Å². The Bertz CT molecular complexity index is 366. The van der Waals surface area contributed by atoms with Crippen LogP contribution in [0.4, 0.5) is 0 Å². The topological polar surface area (TPSA) is 9.23 Å². The first-order valence-corrected chi connectivity index (χ1v) is 7.13. The van der Waals surface area contributed by atoms with E-state index in [1.54, 1.807) is 5.57 Å². The lowest BCUT2D eigenvalue weighted by Gasteiger charge is -2.19. The summed E-state index contributed by atoms with van der Waals surface area (Å²) >= 11 is 0. The third kappa shape index (κ3) is 4.30. The zero-order valence-corrected chi connectivity index (χ0v) is 11.4. The molecule has 0 radical (unpaired) electrons. The summed E-state index contributed by atoms with van der Waals surface area (Å²) in [6, 6.07) is 10.7. The Hall–Kier alpha value is -1.08. The number of rotatable bonds is 6. The van der Waals surface area contributed by atoms with Crippen LogP contribution in [0.5, 0.6) is 0 Å². The molecule has 0 heterocycles. The first-order chi connectivity index (χ1) is 8.88. The Morgan fingerprint density at radius 3 is 2.67 bits per heavy atom. The third-order valence-corrected chi connectivity index (χ3v) is 3.81. The van der Waals surface area contributed by atoms with Crippen LogP contribution in [0.3, 0.4) is 0 Å². The van der Waals surface area contributed by atoms with Crippen molar-refractivity contribution < 1.29 is 4.74 Å². The maximum absolute atomic E-state index is 5.63. The maximum atomic E-state index is 5.63. The Labute approximate surface area is 111 Å². The minimum absolute atomic E-state index is 0.384. The molecule has 1 aliphatic rings. The zero-order chi connectivity index (χ0) is 12.6. The van der Waals surface area contributed by atoms with Crippen molar-refractivity contribution in [3.8, 4) is 0 Å². The minimum Gasteiger partial charge on any atom is -0.381 e. The molecule has 0 saturated heterocycles. The minimum atomic E-state index is 0.384. The van der Waals surface area contributed by atoms with Crippen LogP contribution in [-0.4, -0.2) is 13.2 Å². The van der Waals surface area contributed by atoms with E-state index in [1.807, 2.05) is 7.11 Å². The van der Waals surface area contributed by atoms with Gasteiger partial charge in [-0.3, -0.25) is 0 Å². The van der Waals surface area contributed by atoms with Crippen molar-refractivity contribution in [2.75, 3.05) is 7.11 Å². The highest BCUT2D eigenvalue weighted by Gasteiger charge is 2.12. The normalized spacial score (nSPS) is 17.3. The largest absolute Gasteiger partial charge is 0.381 e. The molecule has 1 aliphatic carbocycles. The molecule has 0 saturated carbocycles. The number of ether oxygens (including phenoxy) is 1. The second-order valence-electron chi connectivity index (χ2n) is 5.19. The van der Waals surface area contributed by atoms with Crippen LogP contribution in [0.25, 0.3) is 0 Å². The molecular weight excluding hydrogens is 220 g/mol. The van der Waals surface area contributed by atoms with Gasteiger partial charge >= 0.3 is 0 Å². The molecule has 98 valence electrons. The van der Waals surface area contributed by atoms with Crippen LogP contribution in [0.15, 0.2) is 42.0 Å². The van der Waals surface area contributed by atoms with E-state index in [2.05, 4.69) is 36.4 Å². The molecule has 0 amide bonds. The number of hydrogen-bond acceptors (Lipinski definition) is 1. The molecule has 1 heteroatoms. The smallest absolute Gasteiger partial charge is 0.0611 e. The lowest BCUT2D eigenvalue weighted by Crippen LogP contribution is -2.13. The summed E-state index contributed by atoms with van der Waals surface area (Å²) in [6.45, 7) is 0. The highest BCUT2D eigenvalue weighted by atomic mass is 16.5. The van der Waals surface area contributed by atoms with Crippen molar-refractivity contribution in [1.82, 2.24) is 0 Å². The second-order valence-corrected chi connectivity index (χ2v) is 5.19. The fourth-order valence-electron chi connectivity index (χ4n) is 2.66. The van der Waals surface area contributed by atoms with Crippen LogP contribution in [-0.2, 0) is 11.2 Å². The molecule has 1 aromatic carbocycles. The van der Waals surface area contributed by atoms with E-state index in [1.165, 1.54) is 31.2 Å². The molecule has 0 fully saturated rings. The SMILES string of the molecule is COC(CCc1ccccc1)CC1=CCCCC1. The molecule has 0 N–H and O–H groups in total. The predicted octanol–water partition coefficient (Wildman–Crippen LogP) is 4.52. The van der Waals surface area contributed by atoms with Crippen LogP contribution >= 0.6 is 0 Å². The van der Waals surface area contributed by atoms with E-state index in [9.17, 15) is 0 Å². The van der Waals surface area contributed by atoms with Crippen molar-refractivity contribution in [2.45, 2.75) is 51.0 Å². The van der Waals surface area contributed by atoms with Gasteiger partial charge in [-0.2, -0.15) is 0 Å². The number of allylic oxidation sites excluding steroid dienone is 1. The Balaban J connectivity index is 1.80.